The molecule has 1 saturated heterocycles. The van der Waals surface area contributed by atoms with Crippen molar-refractivity contribution in [2.24, 2.45) is 5.92 Å². The van der Waals surface area contributed by atoms with Crippen molar-refractivity contribution in [2.75, 3.05) is 35.0 Å². The number of hydrogen-bond acceptors (Lipinski definition) is 7. The Bertz CT molecular complexity index is 3540. The first-order valence-electron chi connectivity index (χ1n) is 25.0. The summed E-state index contributed by atoms with van der Waals surface area (Å²) < 4.78 is 13.1. The van der Waals surface area contributed by atoms with Crippen LogP contribution in [0.25, 0.3) is 21.5 Å². The molecule has 0 radical (unpaired) electrons. The Morgan fingerprint density at radius 1 is 0.685 bits per heavy atom. The molecule has 8 aromatic carbocycles. The van der Waals surface area contributed by atoms with Gasteiger partial charge in [-0.2, -0.15) is 0 Å². The molecule has 12 heteroatoms. The number of aliphatic hydroxyl groups is 1. The Morgan fingerprint density at radius 3 is 1.88 bits per heavy atom. The van der Waals surface area contributed by atoms with E-state index in [1.54, 1.807) is 26.7 Å². The van der Waals surface area contributed by atoms with E-state index in [1.807, 2.05) is 158 Å². The summed E-state index contributed by atoms with van der Waals surface area (Å²) in [5.74, 6) is -0.404. The van der Waals surface area contributed by atoms with Crippen LogP contribution in [0, 0.1) is 5.92 Å². The third-order valence-corrected chi connectivity index (χ3v) is 20.4. The highest BCUT2D eigenvalue weighted by Gasteiger charge is 2.66. The van der Waals surface area contributed by atoms with Crippen LogP contribution in [-0.4, -0.2) is 68.1 Å². The average molecular weight is 983 g/mol. The number of ether oxygens (including phenoxy) is 2. The Kier molecular flexibility index (Phi) is 11.2. The minimum atomic E-state index is -2.70. The van der Waals surface area contributed by atoms with Gasteiger partial charge >= 0.3 is 0 Å². The summed E-state index contributed by atoms with van der Waals surface area (Å²) in [6, 6.07) is 54.9. The van der Waals surface area contributed by atoms with E-state index in [9.17, 15) is 19.5 Å². The molecule has 0 bridgehead atoms. The lowest BCUT2D eigenvalue weighted by atomic mass is 9.82. The van der Waals surface area contributed by atoms with E-state index in [4.69, 9.17) is 9.47 Å². The maximum atomic E-state index is 16.1. The number of aliphatic hydroxyl groups excluding tert-OH is 1. The quantitative estimate of drug-likeness (QED) is 0.114. The van der Waals surface area contributed by atoms with Gasteiger partial charge in [-0.25, -0.2) is 0 Å². The highest BCUT2D eigenvalue weighted by molar-refractivity contribution is 6.91. The minimum Gasteiger partial charge on any atom is -0.497 e. The molecule has 8 aromatic rings. The second-order valence-electron chi connectivity index (χ2n) is 20.3. The van der Waals surface area contributed by atoms with Gasteiger partial charge in [0.25, 0.3) is 17.7 Å². The molecule has 12 rings (SSSR count). The van der Waals surface area contributed by atoms with Gasteiger partial charge in [-0.3, -0.25) is 29.0 Å². The van der Waals surface area contributed by atoms with Crippen LogP contribution in [0.2, 0.25) is 18.6 Å². The molecule has 0 saturated carbocycles. The lowest BCUT2D eigenvalue weighted by Crippen LogP contribution is -2.52. The Labute approximate surface area is 424 Å². The van der Waals surface area contributed by atoms with Crippen LogP contribution in [0.5, 0.6) is 5.75 Å². The molecule has 0 aliphatic carbocycles. The largest absolute Gasteiger partial charge is 0.497 e. The number of anilines is 5. The van der Waals surface area contributed by atoms with E-state index < -0.39 is 25.7 Å². The van der Waals surface area contributed by atoms with Gasteiger partial charge in [-0.05, 0) is 94.2 Å². The topological polar surface area (TPSA) is 120 Å². The number of rotatable bonds is 13. The number of benzene rings is 8. The van der Waals surface area contributed by atoms with Gasteiger partial charge in [-0.1, -0.05) is 128 Å². The summed E-state index contributed by atoms with van der Waals surface area (Å²) in [5.41, 5.74) is 5.43. The molecular formula is C61H54N4O7Si. The molecule has 4 heterocycles. The highest BCUT2D eigenvalue weighted by atomic mass is 28.3. The summed E-state index contributed by atoms with van der Waals surface area (Å²) >= 11 is 0. The maximum absolute atomic E-state index is 16.1. The van der Waals surface area contributed by atoms with Crippen molar-refractivity contribution >= 4 is 86.9 Å². The third kappa shape index (κ3) is 7.21. The number of carbonyl (C=O) groups excluding carboxylic acids is 4. The number of amides is 4. The molecule has 364 valence electrons. The predicted octanol–water partition coefficient (Wildman–Crippen LogP) is 10.8. The van der Waals surface area contributed by atoms with Crippen molar-refractivity contribution in [3.05, 3.63) is 198 Å². The second kappa shape index (κ2) is 17.7. The molecule has 4 aliphatic heterocycles. The molecule has 11 nitrogen and oxygen atoms in total. The fourth-order valence-corrected chi connectivity index (χ4v) is 16.6. The Morgan fingerprint density at radius 2 is 1.27 bits per heavy atom. The molecular weight excluding hydrogens is 929 g/mol. The maximum Gasteiger partial charge on any atom is 0.264 e. The van der Waals surface area contributed by atoms with Crippen LogP contribution in [0.3, 0.4) is 0 Å². The van der Waals surface area contributed by atoms with Crippen LogP contribution >= 0.6 is 0 Å². The lowest BCUT2D eigenvalue weighted by molar-refractivity contribution is -0.150. The van der Waals surface area contributed by atoms with Crippen molar-refractivity contribution in [3.8, 4) is 5.75 Å². The number of fused-ring (bicyclic) bond motifs is 2. The van der Waals surface area contributed by atoms with Gasteiger partial charge in [0.2, 0.25) is 5.91 Å². The van der Waals surface area contributed by atoms with E-state index in [0.29, 0.717) is 40.3 Å². The summed E-state index contributed by atoms with van der Waals surface area (Å²) in [7, 11) is -1.06. The Balaban J connectivity index is 0.962. The standard InChI is InChI=1S/C61H54N4O7Si/c1-38-57(73(3,4)46-29-27-45(71-2)28-30-46)53(35-54(67)62(32-33-66)36-39-12-6-5-7-13-39)72-61(38)49-34-44(65-52-21-11-17-42-15-9-19-48(56(42)52)59(65)69)26-31-50(49)63(60(61)70)37-40-22-24-43(25-23-40)64-51-20-10-16-41-14-8-18-47(55(41)51)58(64)68/h5-31,34,38,53,57,66H,32-33,35-37H2,1-4H3/t38-,53+,57-,61+/m0/s1. The smallest absolute Gasteiger partial charge is 0.264 e. The molecule has 73 heavy (non-hydrogen) atoms. The fourth-order valence-electron chi connectivity index (χ4n) is 12.6. The molecule has 4 aliphatic rings. The van der Waals surface area contributed by atoms with E-state index >= 15 is 4.79 Å². The molecule has 1 N–H and O–H groups in total. The number of nitrogens with zero attached hydrogens (tertiary/aromatic N) is 4. The van der Waals surface area contributed by atoms with Gasteiger partial charge in [0, 0.05) is 46.7 Å². The van der Waals surface area contributed by atoms with Gasteiger partial charge in [-0.15, -0.1) is 0 Å². The van der Waals surface area contributed by atoms with Gasteiger partial charge in [0.1, 0.15) is 5.75 Å². The number of carbonyl (C=O) groups is 4. The first-order chi connectivity index (χ1) is 35.4. The summed E-state index contributed by atoms with van der Waals surface area (Å²) in [4.78, 5) is 66.3. The summed E-state index contributed by atoms with van der Waals surface area (Å²) in [5, 5.41) is 15.2. The van der Waals surface area contributed by atoms with E-state index in [1.165, 1.54) is 0 Å². The molecule has 1 fully saturated rings. The first-order valence-corrected chi connectivity index (χ1v) is 28.0. The van der Waals surface area contributed by atoms with Crippen molar-refractivity contribution in [1.29, 1.82) is 0 Å². The Hall–Kier alpha value is -7.90. The normalized spacial score (nSPS) is 19.8. The lowest BCUT2D eigenvalue weighted by Gasteiger charge is -2.37. The number of hydrogen-bond donors (Lipinski definition) is 1. The number of methoxy groups -OCH3 is 1. The third-order valence-electron chi connectivity index (χ3n) is 16.0. The van der Waals surface area contributed by atoms with Crippen LogP contribution in [0.4, 0.5) is 28.4 Å². The zero-order chi connectivity index (χ0) is 50.3. The van der Waals surface area contributed by atoms with Gasteiger partial charge < -0.3 is 24.4 Å². The molecule has 1 spiro atoms. The molecule has 4 amide bonds. The molecule has 0 unspecified atom stereocenters. The SMILES string of the molecule is COc1ccc([Si](C)(C)[C@@H]2[C@@H](CC(=O)N(CCO)Cc3ccccc3)O[C@]3(C(=O)N(Cc4ccc(N5C(=O)c6cccc7cccc5c67)cc4)c4ccc(N5C(=O)c6cccc7cccc5c67)cc43)[C@H]2C)cc1. The van der Waals surface area contributed by atoms with Gasteiger partial charge in [0.05, 0.1) is 69.0 Å². The van der Waals surface area contributed by atoms with E-state index in [2.05, 4.69) is 32.2 Å². The average Bonchev–Trinajstić information content (AvgIpc) is 4.06. The highest BCUT2D eigenvalue weighted by Crippen LogP contribution is 2.61. The van der Waals surface area contributed by atoms with Crippen LogP contribution in [-0.2, 0) is 33.0 Å². The molecule has 4 atom stereocenters. The van der Waals surface area contributed by atoms with Crippen LogP contribution < -0.4 is 24.6 Å². The zero-order valence-electron chi connectivity index (χ0n) is 41.1. The monoisotopic (exact) mass is 982 g/mol. The predicted molar refractivity (Wildman–Crippen MR) is 288 cm³/mol. The van der Waals surface area contributed by atoms with Crippen molar-refractivity contribution < 1.29 is 33.8 Å². The van der Waals surface area contributed by atoms with Gasteiger partial charge in [0.15, 0.2) is 5.60 Å². The van der Waals surface area contributed by atoms with Crippen molar-refractivity contribution in [2.45, 2.75) is 56.8 Å². The van der Waals surface area contributed by atoms with Crippen molar-refractivity contribution in [1.82, 2.24) is 4.90 Å². The minimum absolute atomic E-state index is 0.0192. The summed E-state index contributed by atoms with van der Waals surface area (Å²) in [6.07, 6.45) is -0.727. The second-order valence-corrected chi connectivity index (χ2v) is 25.0. The van der Waals surface area contributed by atoms with E-state index in [-0.39, 0.29) is 55.3 Å². The summed E-state index contributed by atoms with van der Waals surface area (Å²) in [6.45, 7) is 7.08. The first kappa shape index (κ1) is 46.2. The molecule has 0 aromatic heterocycles. The van der Waals surface area contributed by atoms with Crippen molar-refractivity contribution in [3.63, 3.8) is 0 Å². The fraction of sp³-hybridized carbons (Fsp3) is 0.213. The van der Waals surface area contributed by atoms with Crippen LogP contribution in [0.15, 0.2) is 170 Å². The zero-order valence-corrected chi connectivity index (χ0v) is 42.1. The van der Waals surface area contributed by atoms with Crippen LogP contribution in [0.1, 0.15) is 50.8 Å². The van der Waals surface area contributed by atoms with E-state index in [0.717, 1.165) is 55.0 Å².